The monoisotopic (exact) mass is 413 g/mol. The molecule has 0 radical (unpaired) electrons. The van der Waals surface area contributed by atoms with Gasteiger partial charge in [0, 0.05) is 13.1 Å². The smallest absolute Gasteiger partial charge is 0.406 e. The summed E-state index contributed by atoms with van der Waals surface area (Å²) in [5, 5.41) is 4.92. The molecule has 1 aromatic heterocycles. The SMILES string of the molecule is O=C(Oc1cscn1)N(Cc1cccc(OC(F)(F)F)c1)CC1C2CNCC21. The lowest BCUT2D eigenvalue weighted by atomic mass is 10.2. The fraction of sp³-hybridized carbons (Fsp3) is 0.444. The molecule has 10 heteroatoms. The second kappa shape index (κ2) is 7.59. The van der Waals surface area contributed by atoms with Gasteiger partial charge in [0.25, 0.3) is 0 Å². The van der Waals surface area contributed by atoms with Crippen LogP contribution in [0.5, 0.6) is 11.6 Å². The van der Waals surface area contributed by atoms with Gasteiger partial charge < -0.3 is 19.7 Å². The van der Waals surface area contributed by atoms with Crippen LogP contribution in [0.1, 0.15) is 5.56 Å². The average molecular weight is 413 g/mol. The molecule has 1 aliphatic carbocycles. The Balaban J connectivity index is 1.46. The second-order valence-electron chi connectivity index (χ2n) is 6.92. The normalized spacial score (nSPS) is 23.2. The van der Waals surface area contributed by atoms with E-state index < -0.39 is 12.5 Å². The highest BCUT2D eigenvalue weighted by Crippen LogP contribution is 2.49. The second-order valence-corrected chi connectivity index (χ2v) is 7.64. The van der Waals surface area contributed by atoms with Gasteiger partial charge in [-0.3, -0.25) is 0 Å². The molecule has 1 aliphatic heterocycles. The van der Waals surface area contributed by atoms with Crippen molar-refractivity contribution in [3.05, 3.63) is 40.7 Å². The number of benzene rings is 1. The number of alkyl halides is 3. The third-order valence-corrected chi connectivity index (χ3v) is 5.63. The van der Waals surface area contributed by atoms with Crippen LogP contribution in [-0.4, -0.2) is 42.0 Å². The van der Waals surface area contributed by atoms with Crippen molar-refractivity contribution < 1.29 is 27.4 Å². The maximum absolute atomic E-state index is 12.7. The Labute approximate surface area is 163 Å². The van der Waals surface area contributed by atoms with Crippen molar-refractivity contribution in [2.45, 2.75) is 12.9 Å². The molecule has 1 N–H and O–H groups in total. The zero-order valence-corrected chi connectivity index (χ0v) is 15.5. The van der Waals surface area contributed by atoms with Crippen molar-refractivity contribution in [3.8, 4) is 11.6 Å². The quantitative estimate of drug-likeness (QED) is 0.785. The Kier molecular flexibility index (Phi) is 5.15. The van der Waals surface area contributed by atoms with Gasteiger partial charge in [0.05, 0.1) is 10.9 Å². The summed E-state index contributed by atoms with van der Waals surface area (Å²) in [5.41, 5.74) is 2.09. The molecule has 2 aromatic rings. The molecule has 28 heavy (non-hydrogen) atoms. The van der Waals surface area contributed by atoms with E-state index in [4.69, 9.17) is 4.74 Å². The van der Waals surface area contributed by atoms with Gasteiger partial charge in [-0.05, 0) is 48.5 Å². The molecule has 4 rings (SSSR count). The molecule has 0 spiro atoms. The Morgan fingerprint density at radius 3 is 2.79 bits per heavy atom. The zero-order valence-electron chi connectivity index (χ0n) is 14.7. The molecular weight excluding hydrogens is 395 g/mol. The van der Waals surface area contributed by atoms with E-state index in [9.17, 15) is 18.0 Å². The molecule has 1 saturated carbocycles. The van der Waals surface area contributed by atoms with Crippen molar-refractivity contribution in [3.63, 3.8) is 0 Å². The number of thiazole rings is 1. The van der Waals surface area contributed by atoms with Crippen LogP contribution < -0.4 is 14.8 Å². The summed E-state index contributed by atoms with van der Waals surface area (Å²) in [6.07, 6.45) is -5.33. The van der Waals surface area contributed by atoms with Crippen LogP contribution in [0, 0.1) is 17.8 Å². The average Bonchev–Trinajstić information content (AvgIpc) is 3.02. The van der Waals surface area contributed by atoms with E-state index in [-0.39, 0.29) is 18.2 Å². The number of carbonyl (C=O) groups excluding carboxylic acids is 1. The number of carbonyl (C=O) groups is 1. The lowest BCUT2D eigenvalue weighted by molar-refractivity contribution is -0.274. The lowest BCUT2D eigenvalue weighted by Gasteiger charge is -2.23. The predicted octanol–water partition coefficient (Wildman–Crippen LogP) is 3.51. The van der Waals surface area contributed by atoms with E-state index in [1.54, 1.807) is 17.0 Å². The fourth-order valence-corrected chi connectivity index (χ4v) is 4.19. The Hall–Kier alpha value is -2.33. The molecule has 2 aliphatic rings. The summed E-state index contributed by atoms with van der Waals surface area (Å²) in [6.45, 7) is 2.48. The van der Waals surface area contributed by atoms with Gasteiger partial charge in [0.2, 0.25) is 5.88 Å². The van der Waals surface area contributed by atoms with Crippen LogP contribution in [0.3, 0.4) is 0 Å². The van der Waals surface area contributed by atoms with Crippen molar-refractivity contribution in [1.82, 2.24) is 15.2 Å². The molecule has 2 unspecified atom stereocenters. The lowest BCUT2D eigenvalue weighted by Crippen LogP contribution is -2.36. The Morgan fingerprint density at radius 2 is 2.11 bits per heavy atom. The van der Waals surface area contributed by atoms with Gasteiger partial charge >= 0.3 is 12.5 Å². The Bertz CT molecular complexity index is 821. The highest BCUT2D eigenvalue weighted by Gasteiger charge is 2.53. The van der Waals surface area contributed by atoms with Crippen LogP contribution in [0.4, 0.5) is 18.0 Å². The van der Waals surface area contributed by atoms with Gasteiger partial charge in [-0.1, -0.05) is 12.1 Å². The summed E-state index contributed by atoms with van der Waals surface area (Å²) in [7, 11) is 0. The third-order valence-electron chi connectivity index (χ3n) is 5.07. The molecule has 2 atom stereocenters. The molecule has 1 amide bonds. The topological polar surface area (TPSA) is 63.7 Å². The minimum Gasteiger partial charge on any atom is -0.406 e. The number of amides is 1. The van der Waals surface area contributed by atoms with E-state index >= 15 is 0 Å². The van der Waals surface area contributed by atoms with E-state index in [2.05, 4.69) is 15.0 Å². The van der Waals surface area contributed by atoms with E-state index in [1.165, 1.54) is 34.4 Å². The number of halogens is 3. The number of ether oxygens (including phenoxy) is 2. The largest absolute Gasteiger partial charge is 0.573 e. The molecule has 1 saturated heterocycles. The van der Waals surface area contributed by atoms with E-state index in [0.29, 0.717) is 29.9 Å². The number of hydrogen-bond donors (Lipinski definition) is 1. The van der Waals surface area contributed by atoms with Gasteiger partial charge in [-0.15, -0.1) is 24.5 Å². The highest BCUT2D eigenvalue weighted by atomic mass is 32.1. The third kappa shape index (κ3) is 4.56. The standard InChI is InChI=1S/C18H18F3N3O3S/c19-18(20,21)27-12-3-1-2-11(4-12)7-24(8-15-13-5-22-6-14(13)15)17(25)26-16-9-28-10-23-16/h1-4,9-10,13-15,22H,5-8H2. The van der Waals surface area contributed by atoms with Gasteiger partial charge in [-0.2, -0.15) is 0 Å². The number of nitrogens with zero attached hydrogens (tertiary/aromatic N) is 2. The number of fused-ring (bicyclic) bond motifs is 1. The maximum atomic E-state index is 12.7. The molecule has 0 bridgehead atoms. The summed E-state index contributed by atoms with van der Waals surface area (Å²) >= 11 is 1.31. The number of aromatic nitrogens is 1. The number of piperidine rings is 1. The van der Waals surface area contributed by atoms with E-state index in [0.717, 1.165) is 13.1 Å². The first-order valence-electron chi connectivity index (χ1n) is 8.79. The van der Waals surface area contributed by atoms with Gasteiger partial charge in [0.15, 0.2) is 0 Å². The summed E-state index contributed by atoms with van der Waals surface area (Å²) < 4.78 is 46.7. The maximum Gasteiger partial charge on any atom is 0.573 e. The minimum absolute atomic E-state index is 0.126. The predicted molar refractivity (Wildman–Crippen MR) is 95.0 cm³/mol. The van der Waals surface area contributed by atoms with E-state index in [1.807, 2.05) is 0 Å². The van der Waals surface area contributed by atoms with Crippen molar-refractivity contribution in [1.29, 1.82) is 0 Å². The number of hydrogen-bond acceptors (Lipinski definition) is 6. The van der Waals surface area contributed by atoms with Gasteiger partial charge in [-0.25, -0.2) is 9.78 Å². The molecular formula is C18H18F3N3O3S. The Morgan fingerprint density at radius 1 is 1.32 bits per heavy atom. The van der Waals surface area contributed by atoms with Crippen LogP contribution in [0.25, 0.3) is 0 Å². The first kappa shape index (κ1) is 19.0. The molecule has 150 valence electrons. The number of nitrogens with one attached hydrogen (secondary N) is 1. The van der Waals surface area contributed by atoms with Crippen molar-refractivity contribution in [2.24, 2.45) is 17.8 Å². The van der Waals surface area contributed by atoms with Crippen LogP contribution >= 0.6 is 11.3 Å². The zero-order chi connectivity index (χ0) is 19.7. The first-order chi connectivity index (χ1) is 13.4. The van der Waals surface area contributed by atoms with Crippen LogP contribution in [-0.2, 0) is 6.54 Å². The summed E-state index contributed by atoms with van der Waals surface area (Å²) in [6, 6.07) is 5.63. The summed E-state index contributed by atoms with van der Waals surface area (Å²) in [5.74, 6) is 1.35. The molecule has 2 fully saturated rings. The van der Waals surface area contributed by atoms with Crippen molar-refractivity contribution in [2.75, 3.05) is 19.6 Å². The minimum atomic E-state index is -4.76. The molecule has 6 nitrogen and oxygen atoms in total. The highest BCUT2D eigenvalue weighted by molar-refractivity contribution is 7.07. The molecule has 2 heterocycles. The van der Waals surface area contributed by atoms with Crippen LogP contribution in [0.15, 0.2) is 35.2 Å². The first-order valence-corrected chi connectivity index (χ1v) is 9.74. The fourth-order valence-electron chi connectivity index (χ4n) is 3.74. The summed E-state index contributed by atoms with van der Waals surface area (Å²) in [4.78, 5) is 18.1. The van der Waals surface area contributed by atoms with Gasteiger partial charge in [0.1, 0.15) is 5.75 Å². The molecule has 1 aromatic carbocycles. The van der Waals surface area contributed by atoms with Crippen molar-refractivity contribution >= 4 is 17.4 Å². The van der Waals surface area contributed by atoms with Crippen LogP contribution in [0.2, 0.25) is 0 Å². The number of rotatable bonds is 6.